The first-order chi connectivity index (χ1) is 12.3. The van der Waals surface area contributed by atoms with Crippen LogP contribution in [0.3, 0.4) is 0 Å². The topological polar surface area (TPSA) is 25.2 Å². The number of aromatic nitrogens is 1. The van der Waals surface area contributed by atoms with Gasteiger partial charge in [-0.05, 0) is 30.2 Å². The molecule has 3 heteroatoms. The molecule has 5 rings (SSSR count). The molecule has 0 saturated heterocycles. The largest absolute Gasteiger partial charge is 0.328 e. The number of anilines is 1. The number of para-hydroxylation sites is 1. The predicted molar refractivity (Wildman–Crippen MR) is 99.7 cm³/mol. The van der Waals surface area contributed by atoms with Crippen LogP contribution in [0, 0.1) is 0 Å². The molecule has 3 nitrogen and oxygen atoms in total. The van der Waals surface area contributed by atoms with Gasteiger partial charge in [-0.1, -0.05) is 49.4 Å². The molecule has 2 aliphatic rings. The van der Waals surface area contributed by atoms with Crippen molar-refractivity contribution in [2.45, 2.75) is 25.3 Å². The van der Waals surface area contributed by atoms with E-state index in [1.54, 1.807) is 0 Å². The molecule has 1 aromatic heterocycles. The van der Waals surface area contributed by atoms with E-state index in [0.717, 1.165) is 29.9 Å². The highest BCUT2D eigenvalue weighted by Crippen LogP contribution is 2.50. The summed E-state index contributed by atoms with van der Waals surface area (Å²) in [5.41, 5.74) is 5.14. The lowest BCUT2D eigenvalue weighted by molar-refractivity contribution is -0.124. The van der Waals surface area contributed by atoms with Gasteiger partial charge < -0.3 is 9.47 Å². The molecule has 2 aliphatic heterocycles. The smallest absolute Gasteiger partial charge is 0.258 e. The minimum atomic E-state index is -0.654. The van der Waals surface area contributed by atoms with Gasteiger partial charge in [-0.15, -0.1) is 0 Å². The van der Waals surface area contributed by atoms with Crippen LogP contribution in [-0.4, -0.2) is 17.0 Å². The quantitative estimate of drug-likeness (QED) is 0.692. The van der Waals surface area contributed by atoms with Crippen molar-refractivity contribution < 1.29 is 4.79 Å². The number of nitrogens with zero attached hydrogens (tertiary/aromatic N) is 2. The van der Waals surface area contributed by atoms with E-state index in [-0.39, 0.29) is 5.91 Å². The van der Waals surface area contributed by atoms with E-state index in [2.05, 4.69) is 66.2 Å². The molecular weight excluding hydrogens is 308 g/mol. The number of carbonyl (C=O) groups is 1. The molecule has 0 N–H and O–H groups in total. The monoisotopic (exact) mass is 328 g/mol. The molecule has 1 amide bonds. The Hall–Kier alpha value is -2.81. The van der Waals surface area contributed by atoms with Crippen LogP contribution in [0.25, 0.3) is 11.3 Å². The van der Waals surface area contributed by atoms with E-state index < -0.39 is 5.54 Å². The molecule has 0 saturated carbocycles. The summed E-state index contributed by atoms with van der Waals surface area (Å²) >= 11 is 0. The van der Waals surface area contributed by atoms with Gasteiger partial charge >= 0.3 is 0 Å². The Labute approximate surface area is 147 Å². The van der Waals surface area contributed by atoms with Crippen LogP contribution < -0.4 is 4.90 Å². The first-order valence-electron chi connectivity index (χ1n) is 8.95. The van der Waals surface area contributed by atoms with E-state index in [0.29, 0.717) is 6.42 Å². The molecule has 0 aliphatic carbocycles. The first kappa shape index (κ1) is 14.5. The van der Waals surface area contributed by atoms with Crippen molar-refractivity contribution in [3.63, 3.8) is 0 Å². The van der Waals surface area contributed by atoms with Gasteiger partial charge in [-0.25, -0.2) is 0 Å². The Balaban J connectivity index is 1.82. The Kier molecular flexibility index (Phi) is 2.96. The third kappa shape index (κ3) is 1.73. The number of hydrogen-bond acceptors (Lipinski definition) is 1. The average molecular weight is 328 g/mol. The zero-order chi connectivity index (χ0) is 17.0. The van der Waals surface area contributed by atoms with Crippen molar-refractivity contribution in [1.29, 1.82) is 0 Å². The van der Waals surface area contributed by atoms with Crippen LogP contribution in [0.5, 0.6) is 0 Å². The van der Waals surface area contributed by atoms with Gasteiger partial charge in [0.1, 0.15) is 0 Å². The van der Waals surface area contributed by atoms with Gasteiger partial charge in [0.05, 0.1) is 0 Å². The summed E-state index contributed by atoms with van der Waals surface area (Å²) in [7, 11) is 0. The molecular formula is C22H20N2O. The van der Waals surface area contributed by atoms with Gasteiger partial charge in [0, 0.05) is 41.7 Å². The lowest BCUT2D eigenvalue weighted by Crippen LogP contribution is -2.49. The van der Waals surface area contributed by atoms with Crippen LogP contribution >= 0.6 is 0 Å². The fourth-order valence-corrected chi connectivity index (χ4v) is 4.57. The third-order valence-electron chi connectivity index (χ3n) is 5.59. The molecule has 1 spiro atoms. The molecule has 2 aromatic carbocycles. The number of carbonyl (C=O) groups excluding carboxylic acids is 1. The number of benzene rings is 2. The standard InChI is InChI=1S/C22H20N2O/c1-2-13-23-20-11-6-5-10-18(20)22(21(23)25)15-16-8-3-4-9-17(16)19-12-7-14-24(19)22/h3-12,14H,2,13,15H2,1H3. The third-order valence-corrected chi connectivity index (χ3v) is 5.59. The van der Waals surface area contributed by atoms with Crippen molar-refractivity contribution in [1.82, 2.24) is 4.57 Å². The summed E-state index contributed by atoms with van der Waals surface area (Å²) in [6.07, 6.45) is 3.72. The zero-order valence-electron chi connectivity index (χ0n) is 14.3. The van der Waals surface area contributed by atoms with Crippen LogP contribution in [0.1, 0.15) is 24.5 Å². The first-order valence-corrected chi connectivity index (χ1v) is 8.95. The molecule has 25 heavy (non-hydrogen) atoms. The van der Waals surface area contributed by atoms with E-state index >= 15 is 0 Å². The maximum atomic E-state index is 13.7. The Bertz CT molecular complexity index is 987. The molecule has 3 aromatic rings. The van der Waals surface area contributed by atoms with Crippen molar-refractivity contribution in [2.24, 2.45) is 0 Å². The van der Waals surface area contributed by atoms with Gasteiger partial charge in [0.15, 0.2) is 5.54 Å². The van der Waals surface area contributed by atoms with E-state index in [1.807, 2.05) is 17.0 Å². The predicted octanol–water partition coefficient (Wildman–Crippen LogP) is 4.21. The highest BCUT2D eigenvalue weighted by molar-refractivity contribution is 6.09. The second-order valence-corrected chi connectivity index (χ2v) is 6.93. The van der Waals surface area contributed by atoms with Crippen LogP contribution in [0.4, 0.5) is 5.69 Å². The molecule has 3 heterocycles. The second kappa shape index (κ2) is 5.09. The van der Waals surface area contributed by atoms with E-state index in [1.165, 1.54) is 11.1 Å². The average Bonchev–Trinajstić information content (AvgIpc) is 3.22. The number of fused-ring (bicyclic) bond motifs is 6. The van der Waals surface area contributed by atoms with Crippen molar-refractivity contribution in [3.8, 4) is 11.3 Å². The summed E-state index contributed by atoms with van der Waals surface area (Å²) < 4.78 is 2.20. The maximum Gasteiger partial charge on any atom is 0.258 e. The fraction of sp³-hybridized carbons (Fsp3) is 0.227. The molecule has 1 unspecified atom stereocenters. The SMILES string of the molecule is CCCN1C(=O)C2(Cc3ccccc3-c3cccn32)c2ccccc21. The highest BCUT2D eigenvalue weighted by Gasteiger charge is 2.54. The Morgan fingerprint density at radius 3 is 2.68 bits per heavy atom. The van der Waals surface area contributed by atoms with Gasteiger partial charge in [-0.3, -0.25) is 4.79 Å². The van der Waals surface area contributed by atoms with Crippen LogP contribution in [0.15, 0.2) is 66.9 Å². The molecule has 1 atom stereocenters. The minimum absolute atomic E-state index is 0.197. The Morgan fingerprint density at radius 1 is 1.00 bits per heavy atom. The highest BCUT2D eigenvalue weighted by atomic mass is 16.2. The van der Waals surface area contributed by atoms with E-state index in [9.17, 15) is 4.79 Å². The van der Waals surface area contributed by atoms with E-state index in [4.69, 9.17) is 0 Å². The molecule has 124 valence electrons. The molecule has 0 bridgehead atoms. The number of rotatable bonds is 2. The van der Waals surface area contributed by atoms with Gasteiger partial charge in [0.25, 0.3) is 5.91 Å². The number of hydrogen-bond donors (Lipinski definition) is 0. The fourth-order valence-electron chi connectivity index (χ4n) is 4.57. The summed E-state index contributed by atoms with van der Waals surface area (Å²) in [4.78, 5) is 15.7. The van der Waals surface area contributed by atoms with Crippen LogP contribution in [0.2, 0.25) is 0 Å². The number of amides is 1. The summed E-state index contributed by atoms with van der Waals surface area (Å²) in [6, 6.07) is 20.9. The summed E-state index contributed by atoms with van der Waals surface area (Å²) in [6.45, 7) is 2.88. The zero-order valence-corrected chi connectivity index (χ0v) is 14.3. The summed E-state index contributed by atoms with van der Waals surface area (Å²) in [5, 5.41) is 0. The Morgan fingerprint density at radius 2 is 1.80 bits per heavy atom. The molecule has 0 fully saturated rings. The van der Waals surface area contributed by atoms with Gasteiger partial charge in [-0.2, -0.15) is 0 Å². The normalized spacial score (nSPS) is 20.5. The lowest BCUT2D eigenvalue weighted by atomic mass is 9.79. The van der Waals surface area contributed by atoms with Crippen LogP contribution in [-0.2, 0) is 16.8 Å². The van der Waals surface area contributed by atoms with Crippen molar-refractivity contribution in [3.05, 3.63) is 78.0 Å². The molecule has 0 radical (unpaired) electrons. The van der Waals surface area contributed by atoms with Crippen molar-refractivity contribution >= 4 is 11.6 Å². The summed E-state index contributed by atoms with van der Waals surface area (Å²) in [5.74, 6) is 0.197. The maximum absolute atomic E-state index is 13.7. The van der Waals surface area contributed by atoms with Crippen molar-refractivity contribution in [2.75, 3.05) is 11.4 Å². The van der Waals surface area contributed by atoms with Gasteiger partial charge in [0.2, 0.25) is 0 Å². The minimum Gasteiger partial charge on any atom is -0.328 e. The second-order valence-electron chi connectivity index (χ2n) is 6.93. The lowest BCUT2D eigenvalue weighted by Gasteiger charge is -2.37.